The van der Waals surface area contributed by atoms with Crippen LogP contribution in [0, 0.1) is 5.82 Å². The van der Waals surface area contributed by atoms with Crippen LogP contribution in [0.4, 0.5) is 4.39 Å². The van der Waals surface area contributed by atoms with E-state index in [0.29, 0.717) is 18.9 Å². The zero-order valence-electron chi connectivity index (χ0n) is 13.2. The molecule has 2 saturated heterocycles. The SMILES string of the molecule is O=C1COC2(CCN(CCCOc3ccc(F)cc3)CC2)CN1. The Hall–Kier alpha value is -1.66. The molecule has 6 heteroatoms. The Morgan fingerprint density at radius 2 is 2.00 bits per heavy atom. The van der Waals surface area contributed by atoms with Crippen LogP contribution in [-0.4, -0.2) is 55.8 Å². The Bertz CT molecular complexity index is 515. The van der Waals surface area contributed by atoms with E-state index in [0.717, 1.165) is 38.9 Å². The second-order valence-electron chi connectivity index (χ2n) is 6.25. The largest absolute Gasteiger partial charge is 0.494 e. The molecule has 2 aliphatic heterocycles. The number of benzene rings is 1. The molecule has 23 heavy (non-hydrogen) atoms. The number of nitrogens with one attached hydrogen (secondary N) is 1. The zero-order valence-corrected chi connectivity index (χ0v) is 13.2. The van der Waals surface area contributed by atoms with Gasteiger partial charge in [0.15, 0.2) is 0 Å². The molecule has 2 heterocycles. The van der Waals surface area contributed by atoms with Crippen LogP contribution >= 0.6 is 0 Å². The normalized spacial score (nSPS) is 21.2. The number of amides is 1. The van der Waals surface area contributed by atoms with Crippen molar-refractivity contribution < 1.29 is 18.7 Å². The summed E-state index contributed by atoms with van der Waals surface area (Å²) in [5.41, 5.74) is -0.158. The summed E-state index contributed by atoms with van der Waals surface area (Å²) in [4.78, 5) is 13.6. The van der Waals surface area contributed by atoms with E-state index in [2.05, 4.69) is 10.2 Å². The molecule has 2 aliphatic rings. The molecular weight excluding hydrogens is 299 g/mol. The second kappa shape index (κ2) is 7.27. The number of nitrogens with zero attached hydrogens (tertiary/aromatic N) is 1. The van der Waals surface area contributed by atoms with Gasteiger partial charge in [0.25, 0.3) is 0 Å². The van der Waals surface area contributed by atoms with Crippen LogP contribution in [0.3, 0.4) is 0 Å². The Labute approximate surface area is 135 Å². The summed E-state index contributed by atoms with van der Waals surface area (Å²) in [5.74, 6) is 0.437. The number of hydrogen-bond donors (Lipinski definition) is 1. The molecule has 3 rings (SSSR count). The summed E-state index contributed by atoms with van der Waals surface area (Å²) in [6.45, 7) is 4.38. The summed E-state index contributed by atoms with van der Waals surface area (Å²) >= 11 is 0. The molecule has 0 radical (unpaired) electrons. The van der Waals surface area contributed by atoms with Crippen molar-refractivity contribution in [1.29, 1.82) is 0 Å². The van der Waals surface area contributed by atoms with Crippen molar-refractivity contribution in [3.63, 3.8) is 0 Å². The fourth-order valence-corrected chi connectivity index (χ4v) is 3.09. The maximum atomic E-state index is 12.8. The van der Waals surface area contributed by atoms with E-state index in [1.165, 1.54) is 12.1 Å². The first-order chi connectivity index (χ1) is 11.2. The van der Waals surface area contributed by atoms with Crippen molar-refractivity contribution in [2.24, 2.45) is 0 Å². The molecule has 0 aromatic heterocycles. The van der Waals surface area contributed by atoms with E-state index >= 15 is 0 Å². The van der Waals surface area contributed by atoms with E-state index < -0.39 is 0 Å². The van der Waals surface area contributed by atoms with Gasteiger partial charge in [-0.3, -0.25) is 4.79 Å². The van der Waals surface area contributed by atoms with E-state index in [9.17, 15) is 9.18 Å². The van der Waals surface area contributed by atoms with Gasteiger partial charge in [0.05, 0.1) is 12.2 Å². The molecule has 2 fully saturated rings. The average Bonchev–Trinajstić information content (AvgIpc) is 2.58. The number of ether oxygens (including phenoxy) is 2. The third kappa shape index (κ3) is 4.42. The zero-order chi connectivity index (χ0) is 16.1. The Kier molecular flexibility index (Phi) is 5.13. The number of carbonyl (C=O) groups is 1. The highest BCUT2D eigenvalue weighted by molar-refractivity contribution is 5.78. The van der Waals surface area contributed by atoms with E-state index in [4.69, 9.17) is 9.47 Å². The minimum atomic E-state index is -0.249. The van der Waals surface area contributed by atoms with Gasteiger partial charge in [-0.2, -0.15) is 0 Å². The van der Waals surface area contributed by atoms with Crippen LogP contribution in [0.25, 0.3) is 0 Å². The van der Waals surface area contributed by atoms with Crippen LogP contribution in [0.15, 0.2) is 24.3 Å². The highest BCUT2D eigenvalue weighted by Crippen LogP contribution is 2.27. The molecule has 1 amide bonds. The van der Waals surface area contributed by atoms with Crippen LogP contribution in [0.1, 0.15) is 19.3 Å². The Morgan fingerprint density at radius 1 is 1.26 bits per heavy atom. The molecule has 0 aliphatic carbocycles. The molecule has 1 spiro atoms. The Balaban J connectivity index is 1.33. The number of likely N-dealkylation sites (tertiary alicyclic amines) is 1. The van der Waals surface area contributed by atoms with Crippen molar-refractivity contribution in [2.75, 3.05) is 39.4 Å². The summed E-state index contributed by atoms with van der Waals surface area (Å²) in [6, 6.07) is 6.11. The van der Waals surface area contributed by atoms with Gasteiger partial charge in [0, 0.05) is 26.2 Å². The van der Waals surface area contributed by atoms with E-state index in [-0.39, 0.29) is 23.9 Å². The highest BCUT2D eigenvalue weighted by Gasteiger charge is 2.38. The summed E-state index contributed by atoms with van der Waals surface area (Å²) < 4.78 is 24.2. The van der Waals surface area contributed by atoms with Gasteiger partial charge in [-0.25, -0.2) is 4.39 Å². The number of halogens is 1. The number of morpholine rings is 1. The van der Waals surface area contributed by atoms with Crippen molar-refractivity contribution in [2.45, 2.75) is 24.9 Å². The number of hydrogen-bond acceptors (Lipinski definition) is 4. The molecule has 0 unspecified atom stereocenters. The number of carbonyl (C=O) groups excluding carboxylic acids is 1. The van der Waals surface area contributed by atoms with Gasteiger partial charge in [-0.05, 0) is 43.5 Å². The fraction of sp³-hybridized carbons (Fsp3) is 0.588. The summed E-state index contributed by atoms with van der Waals surface area (Å²) in [5, 5.41) is 2.90. The average molecular weight is 322 g/mol. The van der Waals surface area contributed by atoms with E-state index in [1.54, 1.807) is 12.1 Å². The lowest BCUT2D eigenvalue weighted by molar-refractivity contribution is -0.150. The summed E-state index contributed by atoms with van der Waals surface area (Å²) in [7, 11) is 0. The Morgan fingerprint density at radius 3 is 2.65 bits per heavy atom. The van der Waals surface area contributed by atoms with Gasteiger partial charge >= 0.3 is 0 Å². The number of rotatable bonds is 5. The first kappa shape index (κ1) is 16.2. The van der Waals surface area contributed by atoms with Crippen LogP contribution in [0.5, 0.6) is 5.75 Å². The van der Waals surface area contributed by atoms with Crippen molar-refractivity contribution >= 4 is 5.91 Å². The molecule has 0 bridgehead atoms. The topological polar surface area (TPSA) is 50.8 Å². The molecular formula is C17H23FN2O3. The van der Waals surface area contributed by atoms with Gasteiger partial charge in [0.1, 0.15) is 18.2 Å². The third-order valence-electron chi connectivity index (χ3n) is 4.59. The first-order valence-electron chi connectivity index (χ1n) is 8.17. The lowest BCUT2D eigenvalue weighted by atomic mass is 9.90. The van der Waals surface area contributed by atoms with Gasteiger partial charge in [-0.1, -0.05) is 0 Å². The molecule has 5 nitrogen and oxygen atoms in total. The predicted molar refractivity (Wildman–Crippen MR) is 83.9 cm³/mol. The quantitative estimate of drug-likeness (QED) is 0.836. The molecule has 1 aromatic rings. The standard InChI is InChI=1S/C17H23FN2O3/c18-14-2-4-15(5-3-14)22-11-1-8-20-9-6-17(7-10-20)13-19-16(21)12-23-17/h2-5H,1,6-13H2,(H,19,21). The molecule has 0 saturated carbocycles. The minimum Gasteiger partial charge on any atom is -0.494 e. The van der Waals surface area contributed by atoms with Gasteiger partial charge in [-0.15, -0.1) is 0 Å². The van der Waals surface area contributed by atoms with Crippen LogP contribution in [0.2, 0.25) is 0 Å². The van der Waals surface area contributed by atoms with Crippen molar-refractivity contribution in [3.05, 3.63) is 30.1 Å². The number of piperidine rings is 1. The first-order valence-corrected chi connectivity index (χ1v) is 8.17. The maximum absolute atomic E-state index is 12.8. The van der Waals surface area contributed by atoms with Crippen molar-refractivity contribution in [3.8, 4) is 5.75 Å². The monoisotopic (exact) mass is 322 g/mol. The second-order valence-corrected chi connectivity index (χ2v) is 6.25. The van der Waals surface area contributed by atoms with Gasteiger partial charge < -0.3 is 19.7 Å². The van der Waals surface area contributed by atoms with Crippen LogP contribution < -0.4 is 10.1 Å². The minimum absolute atomic E-state index is 0.0176. The molecule has 126 valence electrons. The van der Waals surface area contributed by atoms with Gasteiger partial charge in [0.2, 0.25) is 5.91 Å². The lowest BCUT2D eigenvalue weighted by Crippen LogP contribution is -2.57. The maximum Gasteiger partial charge on any atom is 0.246 e. The van der Waals surface area contributed by atoms with Crippen molar-refractivity contribution in [1.82, 2.24) is 10.2 Å². The molecule has 0 atom stereocenters. The highest BCUT2D eigenvalue weighted by atomic mass is 19.1. The van der Waals surface area contributed by atoms with Crippen LogP contribution in [-0.2, 0) is 9.53 Å². The third-order valence-corrected chi connectivity index (χ3v) is 4.59. The molecule has 1 aromatic carbocycles. The van der Waals surface area contributed by atoms with E-state index in [1.807, 2.05) is 0 Å². The lowest BCUT2D eigenvalue weighted by Gasteiger charge is -2.43. The smallest absolute Gasteiger partial charge is 0.246 e. The predicted octanol–water partition coefficient (Wildman–Crippen LogP) is 1.58. The summed E-state index contributed by atoms with van der Waals surface area (Å²) in [6.07, 6.45) is 2.83. The fourth-order valence-electron chi connectivity index (χ4n) is 3.09. The molecule has 1 N–H and O–H groups in total.